The highest BCUT2D eigenvalue weighted by molar-refractivity contribution is 7.95. The molecular formula is C25H31Cl2N3O3P2. The first-order chi connectivity index (χ1) is 16.5. The van der Waals surface area contributed by atoms with Crippen LogP contribution in [0.2, 0.25) is 10.0 Å². The van der Waals surface area contributed by atoms with Gasteiger partial charge in [-0.05, 0) is 55.4 Å². The highest BCUT2D eigenvalue weighted by Gasteiger charge is 2.19. The van der Waals surface area contributed by atoms with E-state index in [1.165, 1.54) is 0 Å². The molecule has 1 atom stereocenters. The van der Waals surface area contributed by atoms with E-state index < -0.39 is 12.9 Å². The van der Waals surface area contributed by atoms with Crippen molar-refractivity contribution in [2.45, 2.75) is 39.7 Å². The minimum Gasteiger partial charge on any atom is -0.472 e. The summed E-state index contributed by atoms with van der Waals surface area (Å²) in [6, 6.07) is 15.1. The van der Waals surface area contributed by atoms with Crippen molar-refractivity contribution in [3.05, 3.63) is 81.1 Å². The maximum Gasteiger partial charge on any atom is 0.407 e. The van der Waals surface area contributed by atoms with Crippen LogP contribution >= 0.6 is 38.5 Å². The Balaban J connectivity index is 1.57. The van der Waals surface area contributed by atoms with Crippen LogP contribution in [0.5, 0.6) is 5.75 Å². The van der Waals surface area contributed by atoms with Crippen molar-refractivity contribution in [1.29, 1.82) is 0 Å². The van der Waals surface area contributed by atoms with Gasteiger partial charge in [-0.2, -0.15) is 5.10 Å². The van der Waals surface area contributed by atoms with E-state index in [9.17, 15) is 4.79 Å². The van der Waals surface area contributed by atoms with E-state index in [2.05, 4.69) is 27.7 Å². The first-order valence-electron chi connectivity index (χ1n) is 11.3. The quantitative estimate of drug-likeness (QED) is 0.262. The van der Waals surface area contributed by atoms with E-state index in [1.54, 1.807) is 6.07 Å². The summed E-state index contributed by atoms with van der Waals surface area (Å²) in [6.45, 7) is 6.83. The summed E-state index contributed by atoms with van der Waals surface area (Å²) in [6.07, 6.45) is 0.520. The second kappa shape index (κ2) is 12.3. The number of halogens is 2. The summed E-state index contributed by atoms with van der Waals surface area (Å²) in [4.78, 5) is 12.3. The van der Waals surface area contributed by atoms with Crippen molar-refractivity contribution in [3.63, 3.8) is 0 Å². The number of hydrogen-bond acceptors (Lipinski definition) is 4. The third-order valence-corrected chi connectivity index (χ3v) is 7.88. The lowest BCUT2D eigenvalue weighted by molar-refractivity contribution is 0.142. The third-order valence-electron chi connectivity index (χ3n) is 5.32. The molecule has 1 heterocycles. The number of amides is 1. The van der Waals surface area contributed by atoms with Gasteiger partial charge in [0.25, 0.3) is 0 Å². The number of nitrogens with one attached hydrogen (secondary N) is 1. The Morgan fingerprint density at radius 2 is 1.83 bits per heavy atom. The number of aromatic nitrogens is 2. The highest BCUT2D eigenvalue weighted by atomic mass is 35.5. The van der Waals surface area contributed by atoms with E-state index >= 15 is 0 Å². The van der Waals surface area contributed by atoms with E-state index in [0.29, 0.717) is 29.3 Å². The predicted octanol–water partition coefficient (Wildman–Crippen LogP) is 7.60. The maximum absolute atomic E-state index is 12.3. The van der Waals surface area contributed by atoms with Crippen LogP contribution in [0.3, 0.4) is 0 Å². The Labute approximate surface area is 219 Å². The lowest BCUT2D eigenvalue weighted by Crippen LogP contribution is -2.27. The van der Waals surface area contributed by atoms with Crippen LogP contribution in [0, 0.1) is 6.92 Å². The smallest absolute Gasteiger partial charge is 0.407 e. The number of carbonyl (C=O) groups is 1. The molecule has 1 amide bonds. The van der Waals surface area contributed by atoms with Crippen LogP contribution in [-0.4, -0.2) is 35.4 Å². The largest absolute Gasteiger partial charge is 0.472 e. The Kier molecular flexibility index (Phi) is 9.72. The normalized spacial score (nSPS) is 12.9. The summed E-state index contributed by atoms with van der Waals surface area (Å²) in [5.41, 5.74) is 4.21. The molecule has 0 aliphatic carbocycles. The van der Waals surface area contributed by atoms with Gasteiger partial charge in [-0.3, -0.25) is 4.68 Å². The van der Waals surface area contributed by atoms with Crippen LogP contribution in [0.4, 0.5) is 4.79 Å². The molecule has 3 rings (SSSR count). The van der Waals surface area contributed by atoms with E-state index in [0.717, 1.165) is 28.3 Å². The summed E-state index contributed by atoms with van der Waals surface area (Å²) in [5.74, 6) is 0.994. The molecule has 1 aromatic heterocycles. The van der Waals surface area contributed by atoms with Gasteiger partial charge in [0.2, 0.25) is 0 Å². The molecule has 0 aliphatic rings. The number of ether oxygens (including phenoxy) is 1. The topological polar surface area (TPSA) is 65.4 Å². The van der Waals surface area contributed by atoms with Crippen LogP contribution in [0.1, 0.15) is 42.3 Å². The Morgan fingerprint density at radius 1 is 1.17 bits per heavy atom. The van der Waals surface area contributed by atoms with Crippen molar-refractivity contribution in [2.24, 2.45) is 0 Å². The summed E-state index contributed by atoms with van der Waals surface area (Å²) in [7, 11) is 3.67. The number of nitrogens with zero attached hydrogens (tertiary/aromatic N) is 2. The van der Waals surface area contributed by atoms with Gasteiger partial charge in [-0.25, -0.2) is 4.79 Å². The van der Waals surface area contributed by atoms with Gasteiger partial charge >= 0.3 is 6.09 Å². The fourth-order valence-electron chi connectivity index (χ4n) is 3.66. The van der Waals surface area contributed by atoms with Gasteiger partial charge in [-0.15, -0.1) is 0 Å². The standard InChI is InChI=1S/C25H31Cl2N3O3P2/c1-17(2)24-23(14-19-12-20(26)15-21(27)13-19)18(3)30(29-24)10-11-32-25(31)28-16-35(4,34)33-22-8-6-5-7-9-22/h5-9,12-13,15,17,34H,10-11,14,16H2,1-4H3,(H,28,31). The fourth-order valence-corrected chi connectivity index (χ4v) is 5.87. The molecule has 188 valence electrons. The molecule has 0 spiro atoms. The number of hydrogen-bond donors (Lipinski definition) is 1. The van der Waals surface area contributed by atoms with Gasteiger partial charge in [0, 0.05) is 27.7 Å². The average Bonchev–Trinajstić information content (AvgIpc) is 3.08. The monoisotopic (exact) mass is 553 g/mol. The summed E-state index contributed by atoms with van der Waals surface area (Å²) < 4.78 is 13.3. The van der Waals surface area contributed by atoms with E-state index in [-0.39, 0.29) is 12.5 Å². The van der Waals surface area contributed by atoms with Crippen LogP contribution < -0.4 is 9.84 Å². The summed E-state index contributed by atoms with van der Waals surface area (Å²) >= 11 is 12.4. The lowest BCUT2D eigenvalue weighted by atomic mass is 9.98. The first-order valence-corrected chi connectivity index (χ1v) is 15.7. The Hall–Kier alpha value is -1.97. The van der Waals surface area contributed by atoms with Crippen LogP contribution in [0.25, 0.3) is 0 Å². The molecule has 3 aromatic rings. The highest BCUT2D eigenvalue weighted by Crippen LogP contribution is 2.47. The molecule has 10 heteroatoms. The van der Waals surface area contributed by atoms with Crippen molar-refractivity contribution >= 4 is 44.6 Å². The van der Waals surface area contributed by atoms with Gasteiger partial charge < -0.3 is 14.6 Å². The van der Waals surface area contributed by atoms with Crippen molar-refractivity contribution in [1.82, 2.24) is 15.1 Å². The number of carbonyl (C=O) groups excluding carboxylic acids is 1. The summed E-state index contributed by atoms with van der Waals surface area (Å²) in [5, 5.41) is 8.80. The van der Waals surface area contributed by atoms with Crippen molar-refractivity contribution in [3.8, 4) is 5.75 Å². The Morgan fingerprint density at radius 3 is 2.46 bits per heavy atom. The Bertz CT molecular complexity index is 1200. The van der Waals surface area contributed by atoms with Gasteiger partial charge in [0.15, 0.2) is 0 Å². The molecule has 1 N–H and O–H groups in total. The number of para-hydroxylation sites is 1. The van der Waals surface area contributed by atoms with Crippen molar-refractivity contribution in [2.75, 3.05) is 19.6 Å². The maximum atomic E-state index is 12.3. The molecule has 0 fully saturated rings. The van der Waals surface area contributed by atoms with E-state index in [4.69, 9.17) is 37.6 Å². The average molecular weight is 554 g/mol. The molecule has 2 aromatic carbocycles. The molecule has 1 unspecified atom stereocenters. The molecular weight excluding hydrogens is 523 g/mol. The minimum absolute atomic E-state index is 0.199. The van der Waals surface area contributed by atoms with Gasteiger partial charge in [-0.1, -0.05) is 63.8 Å². The van der Waals surface area contributed by atoms with E-state index in [1.807, 2.05) is 60.7 Å². The number of alkyl carbamates (subject to hydrolysis) is 1. The molecule has 35 heavy (non-hydrogen) atoms. The number of benzene rings is 2. The molecule has 0 saturated heterocycles. The first kappa shape index (κ1) is 27.6. The van der Waals surface area contributed by atoms with Gasteiger partial charge in [0.05, 0.1) is 25.3 Å². The second-order valence-corrected chi connectivity index (χ2v) is 15.2. The molecule has 6 nitrogen and oxygen atoms in total. The zero-order valence-electron chi connectivity index (χ0n) is 20.3. The molecule has 0 saturated carbocycles. The second-order valence-electron chi connectivity index (χ2n) is 8.76. The lowest BCUT2D eigenvalue weighted by Gasteiger charge is -2.20. The zero-order chi connectivity index (χ0) is 25.6. The zero-order valence-corrected chi connectivity index (χ0v) is 23.8. The van der Waals surface area contributed by atoms with Crippen LogP contribution in [0.15, 0.2) is 48.5 Å². The molecule has 0 aliphatic heterocycles. The predicted molar refractivity (Wildman–Crippen MR) is 148 cm³/mol. The number of rotatable bonds is 10. The van der Waals surface area contributed by atoms with Crippen LogP contribution in [-0.2, 0) is 17.7 Å². The van der Waals surface area contributed by atoms with Gasteiger partial charge in [0.1, 0.15) is 12.4 Å². The molecule has 0 bridgehead atoms. The fraction of sp³-hybridized carbons (Fsp3) is 0.360. The molecule has 0 radical (unpaired) electrons. The van der Waals surface area contributed by atoms with Crippen molar-refractivity contribution < 1.29 is 14.1 Å². The third kappa shape index (κ3) is 8.29. The SMILES string of the molecule is Cc1c(Cc2cc(Cl)cc(Cl)c2)c(C(C)C)nn1CCOC(=O)NCP(C)(=P)Oc1ccccc1. The minimum atomic E-state index is -2.01.